The number of hydrogen-bond acceptors (Lipinski definition) is 2. The second kappa shape index (κ2) is 7.86. The number of Topliss-reactive ketones (excluding diaryl/α,β-unsaturated/α-hetero) is 1. The molecule has 1 aliphatic heterocycles. The van der Waals surface area contributed by atoms with Crippen molar-refractivity contribution in [2.75, 3.05) is 13.1 Å². The summed E-state index contributed by atoms with van der Waals surface area (Å²) in [5.74, 6) is 1.15. The first kappa shape index (κ1) is 14.7. The van der Waals surface area contributed by atoms with Crippen LogP contribution in [0.4, 0.5) is 0 Å². The number of ketones is 1. The molecule has 100 valence electrons. The molecule has 1 atom stereocenters. The van der Waals surface area contributed by atoms with Gasteiger partial charge in [-0.25, -0.2) is 0 Å². The molecule has 1 aliphatic rings. The van der Waals surface area contributed by atoms with Gasteiger partial charge in [-0.15, -0.1) is 0 Å². The molecule has 0 spiro atoms. The summed E-state index contributed by atoms with van der Waals surface area (Å²) in [6.07, 6.45) is 8.54. The van der Waals surface area contributed by atoms with Crippen LogP contribution in [0.5, 0.6) is 0 Å². The maximum atomic E-state index is 11.3. The van der Waals surface area contributed by atoms with Crippen LogP contribution in [0, 0.1) is 5.92 Å². The lowest BCUT2D eigenvalue weighted by Gasteiger charge is -2.29. The molecule has 2 heteroatoms. The zero-order valence-electron chi connectivity index (χ0n) is 11.9. The first-order chi connectivity index (χ1) is 8.09. The summed E-state index contributed by atoms with van der Waals surface area (Å²) in [7, 11) is 0. The van der Waals surface area contributed by atoms with Gasteiger partial charge in [0.1, 0.15) is 5.78 Å². The standard InChI is InChI=1S/C15H29NO/c1-13(2)8-7-11-16-10-6-4-5-9-15(16)12-14(3)17/h13,15H,4-12H2,1-3H3. The Labute approximate surface area is 107 Å². The average molecular weight is 239 g/mol. The van der Waals surface area contributed by atoms with Gasteiger partial charge < -0.3 is 0 Å². The molecule has 0 aliphatic carbocycles. The first-order valence-corrected chi connectivity index (χ1v) is 7.33. The zero-order chi connectivity index (χ0) is 12.7. The van der Waals surface area contributed by atoms with Crippen molar-refractivity contribution in [3.8, 4) is 0 Å². The van der Waals surface area contributed by atoms with Gasteiger partial charge in [-0.2, -0.15) is 0 Å². The average Bonchev–Trinajstić information content (AvgIpc) is 2.43. The normalized spacial score (nSPS) is 22.7. The molecule has 0 bridgehead atoms. The Balaban J connectivity index is 2.41. The Bertz CT molecular complexity index is 225. The second-order valence-electron chi connectivity index (χ2n) is 5.98. The van der Waals surface area contributed by atoms with E-state index >= 15 is 0 Å². The van der Waals surface area contributed by atoms with Gasteiger partial charge in [-0.1, -0.05) is 26.7 Å². The molecular formula is C15H29NO. The second-order valence-corrected chi connectivity index (χ2v) is 5.98. The van der Waals surface area contributed by atoms with E-state index in [2.05, 4.69) is 18.7 Å². The lowest BCUT2D eigenvalue weighted by Crippen LogP contribution is -2.37. The van der Waals surface area contributed by atoms with Gasteiger partial charge in [-0.05, 0) is 51.6 Å². The van der Waals surface area contributed by atoms with E-state index in [4.69, 9.17) is 0 Å². The Morgan fingerprint density at radius 3 is 2.71 bits per heavy atom. The van der Waals surface area contributed by atoms with E-state index < -0.39 is 0 Å². The molecule has 1 fully saturated rings. The van der Waals surface area contributed by atoms with Crippen molar-refractivity contribution in [2.24, 2.45) is 5.92 Å². The third-order valence-electron chi connectivity index (χ3n) is 3.75. The van der Waals surface area contributed by atoms with E-state index in [9.17, 15) is 4.79 Å². The monoisotopic (exact) mass is 239 g/mol. The maximum Gasteiger partial charge on any atom is 0.131 e. The lowest BCUT2D eigenvalue weighted by molar-refractivity contribution is -0.118. The topological polar surface area (TPSA) is 20.3 Å². The van der Waals surface area contributed by atoms with E-state index in [1.807, 2.05) is 0 Å². The highest BCUT2D eigenvalue weighted by Crippen LogP contribution is 2.20. The minimum Gasteiger partial charge on any atom is -0.300 e. The van der Waals surface area contributed by atoms with Crippen molar-refractivity contribution in [3.05, 3.63) is 0 Å². The zero-order valence-corrected chi connectivity index (χ0v) is 11.9. The van der Waals surface area contributed by atoms with Crippen LogP contribution in [-0.2, 0) is 4.79 Å². The molecule has 0 radical (unpaired) electrons. The van der Waals surface area contributed by atoms with Gasteiger partial charge in [0.15, 0.2) is 0 Å². The molecule has 0 aromatic heterocycles. The molecule has 17 heavy (non-hydrogen) atoms. The molecule has 0 N–H and O–H groups in total. The molecule has 0 aromatic rings. The highest BCUT2D eigenvalue weighted by molar-refractivity contribution is 5.76. The molecule has 1 unspecified atom stereocenters. The van der Waals surface area contributed by atoms with Gasteiger partial charge in [0.2, 0.25) is 0 Å². The Morgan fingerprint density at radius 1 is 1.29 bits per heavy atom. The summed E-state index contributed by atoms with van der Waals surface area (Å²) in [5.41, 5.74) is 0. The van der Waals surface area contributed by atoms with Gasteiger partial charge in [-0.3, -0.25) is 9.69 Å². The van der Waals surface area contributed by atoms with Gasteiger partial charge >= 0.3 is 0 Å². The summed E-state index contributed by atoms with van der Waals surface area (Å²) >= 11 is 0. The van der Waals surface area contributed by atoms with Crippen molar-refractivity contribution >= 4 is 5.78 Å². The smallest absolute Gasteiger partial charge is 0.131 e. The van der Waals surface area contributed by atoms with Crippen LogP contribution in [-0.4, -0.2) is 29.8 Å². The van der Waals surface area contributed by atoms with Crippen molar-refractivity contribution < 1.29 is 4.79 Å². The summed E-state index contributed by atoms with van der Waals surface area (Å²) < 4.78 is 0. The van der Waals surface area contributed by atoms with E-state index in [0.717, 1.165) is 12.3 Å². The molecule has 0 saturated carbocycles. The summed E-state index contributed by atoms with van der Waals surface area (Å²) in [6, 6.07) is 0.530. The summed E-state index contributed by atoms with van der Waals surface area (Å²) in [5, 5.41) is 0. The molecule has 2 nitrogen and oxygen atoms in total. The molecule has 0 aromatic carbocycles. The van der Waals surface area contributed by atoms with Crippen LogP contribution in [0.15, 0.2) is 0 Å². The van der Waals surface area contributed by atoms with Crippen molar-refractivity contribution in [1.29, 1.82) is 0 Å². The Hall–Kier alpha value is -0.370. The van der Waals surface area contributed by atoms with Crippen LogP contribution < -0.4 is 0 Å². The minimum absolute atomic E-state index is 0.353. The molecule has 0 amide bonds. The van der Waals surface area contributed by atoms with E-state index in [-0.39, 0.29) is 0 Å². The van der Waals surface area contributed by atoms with Crippen LogP contribution in [0.1, 0.15) is 65.7 Å². The molecule has 1 rings (SSSR count). The van der Waals surface area contributed by atoms with Crippen molar-refractivity contribution in [2.45, 2.75) is 71.8 Å². The third kappa shape index (κ3) is 6.21. The predicted octanol–water partition coefficient (Wildman–Crippen LogP) is 3.65. The predicted molar refractivity (Wildman–Crippen MR) is 73.2 cm³/mol. The minimum atomic E-state index is 0.353. The van der Waals surface area contributed by atoms with Crippen LogP contribution in [0.2, 0.25) is 0 Å². The number of carbonyl (C=O) groups excluding carboxylic acids is 1. The SMILES string of the molecule is CC(=O)CC1CCCCCN1CCCC(C)C. The number of carbonyl (C=O) groups is 1. The van der Waals surface area contributed by atoms with Crippen molar-refractivity contribution in [1.82, 2.24) is 4.90 Å². The number of hydrogen-bond donors (Lipinski definition) is 0. The van der Waals surface area contributed by atoms with Crippen LogP contribution >= 0.6 is 0 Å². The van der Waals surface area contributed by atoms with Crippen LogP contribution in [0.3, 0.4) is 0 Å². The van der Waals surface area contributed by atoms with E-state index in [1.54, 1.807) is 6.92 Å². The quantitative estimate of drug-likeness (QED) is 0.705. The first-order valence-electron chi connectivity index (χ1n) is 7.33. The van der Waals surface area contributed by atoms with E-state index in [1.165, 1.54) is 51.6 Å². The fraction of sp³-hybridized carbons (Fsp3) is 0.933. The Kier molecular flexibility index (Phi) is 6.79. The number of nitrogens with zero attached hydrogens (tertiary/aromatic N) is 1. The number of likely N-dealkylation sites (tertiary alicyclic amines) is 1. The molecule has 1 heterocycles. The lowest BCUT2D eigenvalue weighted by atomic mass is 10.0. The third-order valence-corrected chi connectivity index (χ3v) is 3.75. The van der Waals surface area contributed by atoms with Gasteiger partial charge in [0, 0.05) is 12.5 Å². The van der Waals surface area contributed by atoms with Gasteiger partial charge in [0.25, 0.3) is 0 Å². The Morgan fingerprint density at radius 2 is 2.06 bits per heavy atom. The van der Waals surface area contributed by atoms with Gasteiger partial charge in [0.05, 0.1) is 0 Å². The fourth-order valence-corrected chi connectivity index (χ4v) is 2.80. The van der Waals surface area contributed by atoms with Crippen LogP contribution in [0.25, 0.3) is 0 Å². The van der Waals surface area contributed by atoms with E-state index in [0.29, 0.717) is 11.8 Å². The highest BCUT2D eigenvalue weighted by atomic mass is 16.1. The van der Waals surface area contributed by atoms with Crippen molar-refractivity contribution in [3.63, 3.8) is 0 Å². The fourth-order valence-electron chi connectivity index (χ4n) is 2.80. The molecule has 1 saturated heterocycles. The molecular weight excluding hydrogens is 210 g/mol. The highest BCUT2D eigenvalue weighted by Gasteiger charge is 2.21. The summed E-state index contributed by atoms with van der Waals surface area (Å²) in [6.45, 7) is 8.70. The summed E-state index contributed by atoms with van der Waals surface area (Å²) in [4.78, 5) is 13.9. The largest absolute Gasteiger partial charge is 0.300 e. The maximum absolute atomic E-state index is 11.3. The number of rotatable bonds is 6.